The first-order valence-corrected chi connectivity index (χ1v) is 8.94. The molecule has 0 bridgehead atoms. The summed E-state index contributed by atoms with van der Waals surface area (Å²) in [6.07, 6.45) is 1.72. The lowest BCUT2D eigenvalue weighted by molar-refractivity contribution is -0.0328. The van der Waals surface area contributed by atoms with E-state index < -0.39 is 11.4 Å². The van der Waals surface area contributed by atoms with Gasteiger partial charge in [-0.15, -0.1) is 0 Å². The summed E-state index contributed by atoms with van der Waals surface area (Å²) >= 11 is 5.62. The molecule has 0 saturated heterocycles. The minimum atomic E-state index is -4.43. The van der Waals surface area contributed by atoms with Crippen molar-refractivity contribution in [3.8, 4) is 0 Å². The third-order valence-electron chi connectivity index (χ3n) is 4.25. The Balaban J connectivity index is 1.71. The van der Waals surface area contributed by atoms with Crippen molar-refractivity contribution in [2.45, 2.75) is 35.2 Å². The van der Waals surface area contributed by atoms with E-state index in [1.807, 2.05) is 12.1 Å². The van der Waals surface area contributed by atoms with Crippen molar-refractivity contribution in [3.63, 3.8) is 0 Å². The molecule has 0 heterocycles. The highest BCUT2D eigenvalue weighted by molar-refractivity contribution is 8.00. The molecule has 2 unspecified atom stereocenters. The summed E-state index contributed by atoms with van der Waals surface area (Å²) in [6, 6.07) is 13.1. The minimum absolute atomic E-state index is 0.0478. The van der Waals surface area contributed by atoms with Crippen molar-refractivity contribution in [1.82, 2.24) is 5.32 Å². The summed E-state index contributed by atoms with van der Waals surface area (Å²) in [5.74, 6) is -0.320. The Morgan fingerprint density at radius 3 is 2.36 bits per heavy atom. The monoisotopic (exact) mass is 385 g/mol. The summed E-state index contributed by atoms with van der Waals surface area (Å²) in [5, 5.41) is 3.51. The molecule has 2 aromatic rings. The molecule has 0 spiro atoms. The zero-order chi connectivity index (χ0) is 18.0. The topological polar surface area (TPSA) is 29.1 Å². The number of hydrogen-bond donors (Lipinski definition) is 1. The number of halogens is 4. The van der Waals surface area contributed by atoms with Crippen molar-refractivity contribution >= 4 is 29.3 Å². The van der Waals surface area contributed by atoms with Crippen LogP contribution in [0.3, 0.4) is 0 Å². The molecule has 1 aliphatic rings. The van der Waals surface area contributed by atoms with Crippen LogP contribution in [-0.4, -0.2) is 17.5 Å². The third kappa shape index (κ3) is 4.50. The first-order chi connectivity index (χ1) is 11.8. The van der Waals surface area contributed by atoms with Gasteiger partial charge in [-0.3, -0.25) is 4.79 Å². The number of thioether (sulfide) groups is 1. The highest BCUT2D eigenvalue weighted by Gasteiger charge is 2.35. The molecule has 7 heteroatoms. The van der Waals surface area contributed by atoms with Gasteiger partial charge in [-0.1, -0.05) is 35.9 Å². The molecular weight excluding hydrogens is 371 g/mol. The van der Waals surface area contributed by atoms with Crippen molar-refractivity contribution in [2.75, 3.05) is 0 Å². The number of rotatable bonds is 4. The largest absolute Gasteiger partial charge is 0.446 e. The standard InChI is InChI=1S/C18H15ClF3NOS/c19-12-7-5-11(6-8-12)13-9-10-15(13)23-17(24)14-3-1-2-4-16(14)25-18(20,21)22/h1-8,13,15H,9-10H2,(H,23,24). The lowest BCUT2D eigenvalue weighted by Crippen LogP contribution is -2.45. The molecule has 2 nitrogen and oxygen atoms in total. The Morgan fingerprint density at radius 2 is 1.76 bits per heavy atom. The number of hydrogen-bond acceptors (Lipinski definition) is 2. The van der Waals surface area contributed by atoms with Crippen LogP contribution < -0.4 is 5.32 Å². The van der Waals surface area contributed by atoms with E-state index in [1.54, 1.807) is 18.2 Å². The van der Waals surface area contributed by atoms with Crippen LogP contribution in [-0.2, 0) is 0 Å². The predicted molar refractivity (Wildman–Crippen MR) is 93.0 cm³/mol. The van der Waals surface area contributed by atoms with Gasteiger partial charge in [-0.05, 0) is 54.4 Å². The molecule has 132 valence electrons. The summed E-state index contributed by atoms with van der Waals surface area (Å²) in [6.45, 7) is 0. The summed E-state index contributed by atoms with van der Waals surface area (Å²) < 4.78 is 38.0. The van der Waals surface area contributed by atoms with E-state index in [0.717, 1.165) is 18.4 Å². The molecule has 0 aromatic heterocycles. The fourth-order valence-corrected chi connectivity index (χ4v) is 3.69. The zero-order valence-electron chi connectivity index (χ0n) is 13.0. The van der Waals surface area contributed by atoms with E-state index in [1.165, 1.54) is 18.2 Å². The van der Waals surface area contributed by atoms with E-state index in [2.05, 4.69) is 5.32 Å². The number of carbonyl (C=O) groups is 1. The van der Waals surface area contributed by atoms with E-state index in [0.29, 0.717) is 5.02 Å². The van der Waals surface area contributed by atoms with Gasteiger partial charge < -0.3 is 5.32 Å². The van der Waals surface area contributed by atoms with E-state index in [4.69, 9.17) is 11.6 Å². The lowest BCUT2D eigenvalue weighted by Gasteiger charge is -2.37. The van der Waals surface area contributed by atoms with Gasteiger partial charge in [-0.2, -0.15) is 13.2 Å². The Kier molecular flexibility index (Phi) is 5.29. The van der Waals surface area contributed by atoms with Crippen LogP contribution in [0.25, 0.3) is 0 Å². The average molecular weight is 386 g/mol. The summed E-state index contributed by atoms with van der Waals surface area (Å²) in [4.78, 5) is 12.4. The maximum absolute atomic E-state index is 12.7. The molecule has 1 fully saturated rings. The van der Waals surface area contributed by atoms with Gasteiger partial charge in [0.25, 0.3) is 5.91 Å². The average Bonchev–Trinajstić information content (AvgIpc) is 2.52. The van der Waals surface area contributed by atoms with Gasteiger partial charge in [-0.25, -0.2) is 0 Å². The molecule has 25 heavy (non-hydrogen) atoms. The van der Waals surface area contributed by atoms with Gasteiger partial charge in [0.1, 0.15) is 0 Å². The molecular formula is C18H15ClF3NOS. The first kappa shape index (κ1) is 18.1. The fourth-order valence-electron chi connectivity index (χ4n) is 2.90. The number of carbonyl (C=O) groups excluding carboxylic acids is 1. The number of alkyl halides is 3. The maximum Gasteiger partial charge on any atom is 0.446 e. The Bertz CT molecular complexity index is 764. The van der Waals surface area contributed by atoms with Crippen molar-refractivity contribution in [1.29, 1.82) is 0 Å². The second-order valence-corrected chi connectivity index (χ2v) is 7.40. The SMILES string of the molecule is O=C(NC1CCC1c1ccc(Cl)cc1)c1ccccc1SC(F)(F)F. The normalized spacial score (nSPS) is 20.0. The molecule has 0 radical (unpaired) electrons. The van der Waals surface area contributed by atoms with Gasteiger partial charge in [0.2, 0.25) is 0 Å². The summed E-state index contributed by atoms with van der Waals surface area (Å²) in [5.41, 5.74) is -3.32. The molecule has 1 saturated carbocycles. The van der Waals surface area contributed by atoms with Crippen LogP contribution in [0, 0.1) is 0 Å². The van der Waals surface area contributed by atoms with Crippen molar-refractivity contribution in [2.24, 2.45) is 0 Å². The molecule has 3 rings (SSSR count). The van der Waals surface area contributed by atoms with Gasteiger partial charge in [0.15, 0.2) is 0 Å². The zero-order valence-corrected chi connectivity index (χ0v) is 14.6. The number of amides is 1. The van der Waals surface area contributed by atoms with Crippen LogP contribution in [0.15, 0.2) is 53.4 Å². The number of nitrogens with one attached hydrogen (secondary N) is 1. The number of benzene rings is 2. The first-order valence-electron chi connectivity index (χ1n) is 7.74. The summed E-state index contributed by atoms with van der Waals surface area (Å²) in [7, 11) is 0. The Labute approximate surface area is 152 Å². The van der Waals surface area contributed by atoms with Crippen LogP contribution in [0.4, 0.5) is 13.2 Å². The Morgan fingerprint density at radius 1 is 1.08 bits per heavy atom. The molecule has 1 aliphatic carbocycles. The third-order valence-corrected chi connectivity index (χ3v) is 5.31. The van der Waals surface area contributed by atoms with E-state index in [9.17, 15) is 18.0 Å². The molecule has 0 aliphatic heterocycles. The smallest absolute Gasteiger partial charge is 0.349 e. The lowest BCUT2D eigenvalue weighted by atomic mass is 9.75. The van der Waals surface area contributed by atoms with Gasteiger partial charge in [0, 0.05) is 21.9 Å². The highest BCUT2D eigenvalue weighted by atomic mass is 35.5. The van der Waals surface area contributed by atoms with Crippen LogP contribution in [0.5, 0.6) is 0 Å². The van der Waals surface area contributed by atoms with Crippen molar-refractivity contribution < 1.29 is 18.0 Å². The second kappa shape index (κ2) is 7.30. The van der Waals surface area contributed by atoms with Gasteiger partial charge >= 0.3 is 5.51 Å². The minimum Gasteiger partial charge on any atom is -0.349 e. The van der Waals surface area contributed by atoms with E-state index >= 15 is 0 Å². The molecule has 1 amide bonds. The fraction of sp³-hybridized carbons (Fsp3) is 0.278. The molecule has 2 atom stereocenters. The van der Waals surface area contributed by atoms with Crippen molar-refractivity contribution in [3.05, 3.63) is 64.7 Å². The maximum atomic E-state index is 12.7. The molecule has 1 N–H and O–H groups in total. The van der Waals surface area contributed by atoms with Crippen LogP contribution >= 0.6 is 23.4 Å². The second-order valence-electron chi connectivity index (χ2n) is 5.86. The van der Waals surface area contributed by atoms with Crippen LogP contribution in [0.2, 0.25) is 5.02 Å². The van der Waals surface area contributed by atoms with Gasteiger partial charge in [0.05, 0.1) is 5.56 Å². The molecule has 2 aromatic carbocycles. The Hall–Kier alpha value is -1.66. The van der Waals surface area contributed by atoms with Crippen LogP contribution in [0.1, 0.15) is 34.7 Å². The quantitative estimate of drug-likeness (QED) is 0.691. The highest BCUT2D eigenvalue weighted by Crippen LogP contribution is 2.40. The van der Waals surface area contributed by atoms with E-state index in [-0.39, 0.29) is 34.2 Å². The predicted octanol–water partition coefficient (Wildman–Crippen LogP) is 5.63.